The van der Waals surface area contributed by atoms with E-state index in [1.807, 2.05) is 78.2 Å². The van der Waals surface area contributed by atoms with Crippen LogP contribution in [0.3, 0.4) is 0 Å². The Morgan fingerprint density at radius 2 is 1.65 bits per heavy atom. The van der Waals surface area contributed by atoms with Gasteiger partial charge in [0.25, 0.3) is 0 Å². The minimum atomic E-state index is -0.716. The van der Waals surface area contributed by atoms with Crippen molar-refractivity contribution >= 4 is 35.2 Å². The number of rotatable bonds is 14. The van der Waals surface area contributed by atoms with Gasteiger partial charge in [-0.1, -0.05) is 51.5 Å². The van der Waals surface area contributed by atoms with Crippen molar-refractivity contribution in [1.82, 2.24) is 30.7 Å². The van der Waals surface area contributed by atoms with Gasteiger partial charge in [-0.25, -0.2) is 9.78 Å². The minimum Gasteiger partial charge on any atom is -0.444 e. The van der Waals surface area contributed by atoms with E-state index in [0.29, 0.717) is 38.4 Å². The molecule has 0 spiro atoms. The zero-order chi connectivity index (χ0) is 37.2. The number of aromatic nitrogens is 1. The van der Waals surface area contributed by atoms with E-state index in [2.05, 4.69) is 25.8 Å². The molecule has 2 aromatic rings. The van der Waals surface area contributed by atoms with Crippen LogP contribution in [0.15, 0.2) is 29.8 Å². The maximum Gasteiger partial charge on any atom is 0.407 e. The fourth-order valence-corrected chi connectivity index (χ4v) is 7.58. The third-order valence-corrected chi connectivity index (χ3v) is 10.7. The molecule has 3 N–H and O–H groups in total. The number of thiazole rings is 1. The number of carbonyl (C=O) groups is 4. The maximum absolute atomic E-state index is 13.9. The molecule has 2 atom stereocenters. The molecule has 3 heterocycles. The van der Waals surface area contributed by atoms with Gasteiger partial charge in [0.2, 0.25) is 17.7 Å². The van der Waals surface area contributed by atoms with Crippen LogP contribution in [0.1, 0.15) is 104 Å². The first-order valence-corrected chi connectivity index (χ1v) is 19.5. The van der Waals surface area contributed by atoms with E-state index in [4.69, 9.17) is 4.74 Å². The molecule has 11 nitrogen and oxygen atoms in total. The van der Waals surface area contributed by atoms with Crippen LogP contribution in [0.4, 0.5) is 4.79 Å². The number of hydrogen-bond acceptors (Lipinski definition) is 8. The average molecular weight is 725 g/mol. The smallest absolute Gasteiger partial charge is 0.407 e. The van der Waals surface area contributed by atoms with E-state index in [1.54, 1.807) is 16.2 Å². The summed E-state index contributed by atoms with van der Waals surface area (Å²) in [4.78, 5) is 61.9. The van der Waals surface area contributed by atoms with E-state index >= 15 is 0 Å². The summed E-state index contributed by atoms with van der Waals surface area (Å²) in [5.41, 5.74) is 3.93. The van der Waals surface area contributed by atoms with Crippen LogP contribution in [0.25, 0.3) is 10.4 Å². The van der Waals surface area contributed by atoms with Crippen molar-refractivity contribution < 1.29 is 23.9 Å². The molecule has 12 heteroatoms. The molecule has 282 valence electrons. The second kappa shape index (κ2) is 18.3. The molecule has 1 aromatic carbocycles. The standard InChI is InChI=1S/C39H60N6O5S/c1-27-33(51-26-42-27)30-16-14-28(15-17-30)24-40-35(47)31-12-11-21-45(31)36(48)34(38(2,3)4)43-32(46)13-9-8-10-20-44-22-18-29(19-23-44)25-41-37(49)50-39(5,6)7/h14-17,26,29,31,34H,8-13,18-25H2,1-7H3,(H,40,47)(H,41,49)(H,43,46)/t31-,34+/m0/s1. The van der Waals surface area contributed by atoms with Crippen molar-refractivity contribution in [3.05, 3.63) is 41.0 Å². The normalized spacial score (nSPS) is 17.9. The molecule has 2 fully saturated rings. The van der Waals surface area contributed by atoms with Crippen molar-refractivity contribution in [3.63, 3.8) is 0 Å². The second-order valence-corrected chi connectivity index (χ2v) is 17.1. The number of carbonyl (C=O) groups excluding carboxylic acids is 4. The van der Waals surface area contributed by atoms with Crippen molar-refractivity contribution in [2.45, 2.75) is 124 Å². The first-order chi connectivity index (χ1) is 24.1. The molecule has 4 amide bonds. The largest absolute Gasteiger partial charge is 0.444 e. The summed E-state index contributed by atoms with van der Waals surface area (Å²) in [6.07, 6.45) is 6.15. The van der Waals surface area contributed by atoms with E-state index in [-0.39, 0.29) is 23.8 Å². The molecule has 2 saturated heterocycles. The molecule has 0 bridgehead atoms. The van der Waals surface area contributed by atoms with Crippen LogP contribution in [0.5, 0.6) is 0 Å². The van der Waals surface area contributed by atoms with Gasteiger partial charge in [-0.15, -0.1) is 11.3 Å². The summed E-state index contributed by atoms with van der Waals surface area (Å²) < 4.78 is 5.34. The number of unbranched alkanes of at least 4 members (excludes halogenated alkanes) is 2. The highest BCUT2D eigenvalue weighted by Gasteiger charge is 2.41. The lowest BCUT2D eigenvalue weighted by Gasteiger charge is -2.35. The molecule has 0 unspecified atom stereocenters. The van der Waals surface area contributed by atoms with Gasteiger partial charge in [-0.05, 0) is 108 Å². The highest BCUT2D eigenvalue weighted by Crippen LogP contribution is 2.28. The van der Waals surface area contributed by atoms with Gasteiger partial charge in [0.1, 0.15) is 17.7 Å². The van der Waals surface area contributed by atoms with E-state index in [0.717, 1.165) is 79.9 Å². The average Bonchev–Trinajstić information content (AvgIpc) is 3.74. The van der Waals surface area contributed by atoms with Gasteiger partial charge in [0, 0.05) is 26.1 Å². The highest BCUT2D eigenvalue weighted by atomic mass is 32.1. The summed E-state index contributed by atoms with van der Waals surface area (Å²) in [5, 5.41) is 8.98. The summed E-state index contributed by atoms with van der Waals surface area (Å²) in [6.45, 7) is 18.0. The zero-order valence-electron chi connectivity index (χ0n) is 31.8. The number of likely N-dealkylation sites (tertiary alicyclic amines) is 2. The van der Waals surface area contributed by atoms with E-state index < -0.39 is 23.1 Å². The zero-order valence-corrected chi connectivity index (χ0v) is 32.6. The van der Waals surface area contributed by atoms with Crippen molar-refractivity contribution in [2.75, 3.05) is 32.7 Å². The third kappa shape index (κ3) is 12.6. The predicted molar refractivity (Wildman–Crippen MR) is 202 cm³/mol. The number of alkyl carbamates (subject to hydrolysis) is 1. The van der Waals surface area contributed by atoms with E-state index in [1.165, 1.54) is 0 Å². The van der Waals surface area contributed by atoms with Crippen LogP contribution in [0.2, 0.25) is 0 Å². The van der Waals surface area contributed by atoms with Gasteiger partial charge < -0.3 is 30.5 Å². The maximum atomic E-state index is 13.9. The number of hydrogen-bond donors (Lipinski definition) is 3. The predicted octanol–water partition coefficient (Wildman–Crippen LogP) is 6.05. The number of aryl methyl sites for hydroxylation is 1. The quantitative estimate of drug-likeness (QED) is 0.202. The molecule has 0 radical (unpaired) electrons. The van der Waals surface area contributed by atoms with Gasteiger partial charge in [0.15, 0.2) is 0 Å². The first kappa shape index (κ1) is 40.3. The lowest BCUT2D eigenvalue weighted by atomic mass is 9.85. The minimum absolute atomic E-state index is 0.126. The number of benzene rings is 1. The summed E-state index contributed by atoms with van der Waals surface area (Å²) in [6, 6.07) is 6.85. The van der Waals surface area contributed by atoms with Crippen LogP contribution < -0.4 is 16.0 Å². The Balaban J connectivity index is 1.16. The highest BCUT2D eigenvalue weighted by molar-refractivity contribution is 7.13. The molecule has 51 heavy (non-hydrogen) atoms. The fraction of sp³-hybridized carbons (Fsp3) is 0.667. The van der Waals surface area contributed by atoms with Gasteiger partial charge in [-0.2, -0.15) is 0 Å². The molecule has 4 rings (SSSR count). The lowest BCUT2D eigenvalue weighted by molar-refractivity contribution is -0.143. The van der Waals surface area contributed by atoms with Crippen LogP contribution in [-0.4, -0.2) is 89.0 Å². The third-order valence-electron chi connectivity index (χ3n) is 9.70. The van der Waals surface area contributed by atoms with E-state index in [9.17, 15) is 19.2 Å². The number of nitrogens with one attached hydrogen (secondary N) is 3. The van der Waals surface area contributed by atoms with Crippen molar-refractivity contribution in [3.8, 4) is 10.4 Å². The first-order valence-electron chi connectivity index (χ1n) is 18.7. The summed E-state index contributed by atoms with van der Waals surface area (Å²) in [5.74, 6) is -0.0195. The van der Waals surface area contributed by atoms with Gasteiger partial charge in [0.05, 0.1) is 16.1 Å². The Morgan fingerprint density at radius 3 is 2.27 bits per heavy atom. The van der Waals surface area contributed by atoms with Crippen molar-refractivity contribution in [2.24, 2.45) is 11.3 Å². The van der Waals surface area contributed by atoms with Crippen LogP contribution in [0, 0.1) is 18.3 Å². The molecule has 2 aliphatic rings. The molecular formula is C39H60N6O5S. The number of piperidine rings is 1. The SMILES string of the molecule is Cc1ncsc1-c1ccc(CNC(=O)[C@@H]2CCCN2C(=O)[C@@H](NC(=O)CCCCCN2CCC(CNC(=O)OC(C)(C)C)CC2)C(C)(C)C)cc1. The van der Waals surface area contributed by atoms with Crippen LogP contribution >= 0.6 is 11.3 Å². The molecule has 0 aliphatic carbocycles. The Kier molecular flexibility index (Phi) is 14.5. The molecule has 2 aliphatic heterocycles. The Bertz CT molecular complexity index is 1460. The molecule has 1 aromatic heterocycles. The molecular weight excluding hydrogens is 665 g/mol. The van der Waals surface area contributed by atoms with Crippen molar-refractivity contribution in [1.29, 1.82) is 0 Å². The number of amides is 4. The Morgan fingerprint density at radius 1 is 0.941 bits per heavy atom. The summed E-state index contributed by atoms with van der Waals surface area (Å²) >= 11 is 1.61. The monoisotopic (exact) mass is 724 g/mol. The number of ether oxygens (including phenoxy) is 1. The van der Waals surface area contributed by atoms with Gasteiger partial charge in [-0.3, -0.25) is 14.4 Å². The number of nitrogens with zero attached hydrogens (tertiary/aromatic N) is 3. The Labute approximate surface area is 308 Å². The van der Waals surface area contributed by atoms with Gasteiger partial charge >= 0.3 is 6.09 Å². The fourth-order valence-electron chi connectivity index (χ4n) is 6.76. The Hall–Kier alpha value is -3.51. The second-order valence-electron chi connectivity index (χ2n) is 16.2. The topological polar surface area (TPSA) is 133 Å². The summed E-state index contributed by atoms with van der Waals surface area (Å²) in [7, 11) is 0. The lowest BCUT2D eigenvalue weighted by Crippen LogP contribution is -2.57. The molecule has 0 saturated carbocycles. The van der Waals surface area contributed by atoms with Crippen LogP contribution in [-0.2, 0) is 25.7 Å².